The molecule has 2 aromatic rings. The molecular weight excluding hydrogens is 222 g/mol. The number of aromatic nitrogens is 4. The van der Waals surface area contributed by atoms with E-state index in [0.717, 1.165) is 24.9 Å². The summed E-state index contributed by atoms with van der Waals surface area (Å²) in [6.45, 7) is 0. The van der Waals surface area contributed by atoms with E-state index in [-0.39, 0.29) is 0 Å². The third-order valence-electron chi connectivity index (χ3n) is 3.16. The summed E-state index contributed by atoms with van der Waals surface area (Å²) in [6.07, 6.45) is 6.64. The maximum Gasteiger partial charge on any atom is 0.165 e. The Hall–Kier alpha value is -1.30. The smallest absolute Gasteiger partial charge is 0.165 e. The maximum absolute atomic E-state index is 5.75. The van der Waals surface area contributed by atoms with E-state index in [1.165, 1.54) is 6.33 Å². The van der Waals surface area contributed by atoms with Crippen molar-refractivity contribution in [1.29, 1.82) is 0 Å². The van der Waals surface area contributed by atoms with Gasteiger partial charge in [0.25, 0.3) is 0 Å². The third-order valence-corrected chi connectivity index (χ3v) is 3.63. The van der Waals surface area contributed by atoms with Crippen molar-refractivity contribution >= 4 is 29.6 Å². The Balaban J connectivity index is 2.08. The van der Waals surface area contributed by atoms with Crippen LogP contribution in [0.2, 0.25) is 0 Å². The number of thiol groups is 1. The average molecular weight is 235 g/mol. The lowest BCUT2D eigenvalue weighted by Crippen LogP contribution is -2.05. The molecule has 0 unspecified atom stereocenters. The quantitative estimate of drug-likeness (QED) is 0.734. The van der Waals surface area contributed by atoms with Gasteiger partial charge in [-0.1, -0.05) is 0 Å². The zero-order chi connectivity index (χ0) is 11.1. The summed E-state index contributed by atoms with van der Waals surface area (Å²) in [6, 6.07) is 0.446. The van der Waals surface area contributed by atoms with Crippen LogP contribution >= 0.6 is 12.6 Å². The first-order valence-corrected chi connectivity index (χ1v) is 5.88. The fourth-order valence-electron chi connectivity index (χ4n) is 2.32. The van der Waals surface area contributed by atoms with Crippen LogP contribution in [0.15, 0.2) is 12.7 Å². The second kappa shape index (κ2) is 3.62. The van der Waals surface area contributed by atoms with E-state index in [4.69, 9.17) is 5.73 Å². The monoisotopic (exact) mass is 235 g/mol. The summed E-state index contributed by atoms with van der Waals surface area (Å²) in [5, 5.41) is 0.488. The molecule has 0 spiro atoms. The van der Waals surface area contributed by atoms with E-state index in [0.29, 0.717) is 22.6 Å². The van der Waals surface area contributed by atoms with Crippen molar-refractivity contribution in [2.75, 3.05) is 5.73 Å². The van der Waals surface area contributed by atoms with Gasteiger partial charge in [0.2, 0.25) is 0 Å². The molecule has 3 rings (SSSR count). The average Bonchev–Trinajstić information content (AvgIpc) is 2.84. The molecule has 0 saturated heterocycles. The van der Waals surface area contributed by atoms with Gasteiger partial charge in [-0.05, 0) is 19.3 Å². The molecule has 1 saturated carbocycles. The number of hydrogen-bond donors (Lipinski definition) is 2. The van der Waals surface area contributed by atoms with Crippen LogP contribution in [0.5, 0.6) is 0 Å². The predicted octanol–water partition coefficient (Wildman–Crippen LogP) is 1.43. The first-order valence-electron chi connectivity index (χ1n) is 5.37. The van der Waals surface area contributed by atoms with Gasteiger partial charge in [-0.2, -0.15) is 12.6 Å². The van der Waals surface area contributed by atoms with E-state index >= 15 is 0 Å². The van der Waals surface area contributed by atoms with Crippen LogP contribution in [0.3, 0.4) is 0 Å². The van der Waals surface area contributed by atoms with Crippen LogP contribution in [-0.2, 0) is 0 Å². The van der Waals surface area contributed by atoms with Crippen LogP contribution in [0.4, 0.5) is 5.82 Å². The fraction of sp³-hybridized carbons (Fsp3) is 0.500. The molecule has 0 aromatic carbocycles. The number of anilines is 1. The number of nitrogens with zero attached hydrogens (tertiary/aromatic N) is 4. The lowest BCUT2D eigenvalue weighted by Gasteiger charge is -2.11. The number of rotatable bonds is 1. The second-order valence-electron chi connectivity index (χ2n) is 4.20. The summed E-state index contributed by atoms with van der Waals surface area (Å²) in [7, 11) is 0. The molecule has 84 valence electrons. The summed E-state index contributed by atoms with van der Waals surface area (Å²) in [4.78, 5) is 12.5. The highest BCUT2D eigenvalue weighted by Crippen LogP contribution is 2.34. The van der Waals surface area contributed by atoms with Gasteiger partial charge in [0.15, 0.2) is 11.5 Å². The molecule has 0 amide bonds. The van der Waals surface area contributed by atoms with Crippen molar-refractivity contribution in [3.05, 3.63) is 12.7 Å². The van der Waals surface area contributed by atoms with E-state index in [2.05, 4.69) is 32.1 Å². The van der Waals surface area contributed by atoms with Gasteiger partial charge in [0, 0.05) is 11.3 Å². The summed E-state index contributed by atoms with van der Waals surface area (Å²) < 4.78 is 2.10. The molecule has 2 aromatic heterocycles. The van der Waals surface area contributed by atoms with Gasteiger partial charge >= 0.3 is 0 Å². The Kier molecular flexibility index (Phi) is 2.24. The Bertz CT molecular complexity index is 523. The standard InChI is InChI=1S/C10H13N5S/c11-9-8-10(13-4-12-9)15(5-14-8)6-1-2-7(16)3-6/h4-7,16H,1-3H2,(H2,11,12,13)/t6-,7-/m1/s1. The summed E-state index contributed by atoms with van der Waals surface area (Å²) >= 11 is 4.51. The maximum atomic E-state index is 5.75. The van der Waals surface area contributed by atoms with E-state index in [9.17, 15) is 0 Å². The van der Waals surface area contributed by atoms with E-state index < -0.39 is 0 Å². The minimum atomic E-state index is 0.446. The highest BCUT2D eigenvalue weighted by molar-refractivity contribution is 7.80. The first kappa shape index (κ1) is 9.89. The molecule has 2 atom stereocenters. The highest BCUT2D eigenvalue weighted by atomic mass is 32.1. The van der Waals surface area contributed by atoms with Crippen LogP contribution in [0, 0.1) is 0 Å². The van der Waals surface area contributed by atoms with Gasteiger partial charge in [0.05, 0.1) is 6.33 Å². The highest BCUT2D eigenvalue weighted by Gasteiger charge is 2.25. The Morgan fingerprint density at radius 2 is 2.19 bits per heavy atom. The number of fused-ring (bicyclic) bond motifs is 1. The lowest BCUT2D eigenvalue weighted by molar-refractivity contribution is 0.530. The second-order valence-corrected chi connectivity index (χ2v) is 4.93. The van der Waals surface area contributed by atoms with E-state index in [1.54, 1.807) is 0 Å². The predicted molar refractivity (Wildman–Crippen MR) is 65.4 cm³/mol. The summed E-state index contributed by atoms with van der Waals surface area (Å²) in [5.74, 6) is 0.448. The van der Waals surface area contributed by atoms with Crippen molar-refractivity contribution in [2.45, 2.75) is 30.6 Å². The molecule has 2 N–H and O–H groups in total. The van der Waals surface area contributed by atoms with Crippen LogP contribution in [0.25, 0.3) is 11.2 Å². The zero-order valence-corrected chi connectivity index (χ0v) is 9.64. The molecule has 0 bridgehead atoms. The van der Waals surface area contributed by atoms with Gasteiger partial charge in [-0.3, -0.25) is 0 Å². The number of imidazole rings is 1. The minimum Gasteiger partial charge on any atom is -0.382 e. The van der Waals surface area contributed by atoms with Gasteiger partial charge in [-0.15, -0.1) is 0 Å². The molecule has 1 aliphatic carbocycles. The van der Waals surface area contributed by atoms with Gasteiger partial charge in [-0.25, -0.2) is 15.0 Å². The zero-order valence-electron chi connectivity index (χ0n) is 8.74. The van der Waals surface area contributed by atoms with Gasteiger partial charge in [0.1, 0.15) is 11.8 Å². The van der Waals surface area contributed by atoms with Crippen LogP contribution in [0.1, 0.15) is 25.3 Å². The fourth-order valence-corrected chi connectivity index (χ4v) is 2.72. The third kappa shape index (κ3) is 1.44. The van der Waals surface area contributed by atoms with Crippen LogP contribution in [-0.4, -0.2) is 24.8 Å². The van der Waals surface area contributed by atoms with Crippen molar-refractivity contribution in [2.24, 2.45) is 0 Å². The summed E-state index contributed by atoms with van der Waals surface area (Å²) in [5.41, 5.74) is 7.29. The Morgan fingerprint density at radius 3 is 2.94 bits per heavy atom. The number of nitrogen functional groups attached to an aromatic ring is 1. The SMILES string of the molecule is Nc1ncnc2c1ncn2[C@@H]1CC[C@@H](S)C1. The molecule has 1 fully saturated rings. The molecule has 2 heterocycles. The molecule has 1 aliphatic rings. The van der Waals surface area contributed by atoms with Crippen molar-refractivity contribution in [3.8, 4) is 0 Å². The largest absolute Gasteiger partial charge is 0.382 e. The van der Waals surface area contributed by atoms with Crippen molar-refractivity contribution < 1.29 is 0 Å². The van der Waals surface area contributed by atoms with Crippen molar-refractivity contribution in [1.82, 2.24) is 19.5 Å². The topological polar surface area (TPSA) is 69.6 Å². The molecule has 16 heavy (non-hydrogen) atoms. The Labute approximate surface area is 98.5 Å². The molecular formula is C10H13N5S. The number of hydrogen-bond acceptors (Lipinski definition) is 5. The number of nitrogens with two attached hydrogens (primary N) is 1. The minimum absolute atomic E-state index is 0.446. The Morgan fingerprint density at radius 1 is 1.31 bits per heavy atom. The van der Waals surface area contributed by atoms with Gasteiger partial charge < -0.3 is 10.3 Å². The normalized spacial score (nSPS) is 25.3. The molecule has 0 radical (unpaired) electrons. The van der Waals surface area contributed by atoms with E-state index in [1.807, 2.05) is 6.33 Å². The molecule has 0 aliphatic heterocycles. The lowest BCUT2D eigenvalue weighted by atomic mass is 10.2. The van der Waals surface area contributed by atoms with Crippen LogP contribution < -0.4 is 5.73 Å². The van der Waals surface area contributed by atoms with Crippen molar-refractivity contribution in [3.63, 3.8) is 0 Å². The first-order chi connectivity index (χ1) is 7.75. The molecule has 5 nitrogen and oxygen atoms in total. The molecule has 6 heteroatoms.